The molecule has 0 aliphatic carbocycles. The van der Waals surface area contributed by atoms with Crippen molar-refractivity contribution in [1.82, 2.24) is 5.16 Å². The number of hydrogen-bond acceptors (Lipinski definition) is 6. The summed E-state index contributed by atoms with van der Waals surface area (Å²) in [7, 11) is 0. The Kier molecular flexibility index (Phi) is 5.69. The lowest BCUT2D eigenvalue weighted by atomic mass is 10.1. The van der Waals surface area contributed by atoms with Crippen LogP contribution in [0.5, 0.6) is 5.75 Å². The van der Waals surface area contributed by atoms with Crippen LogP contribution in [0.3, 0.4) is 0 Å². The van der Waals surface area contributed by atoms with Gasteiger partial charge in [0.05, 0.1) is 5.69 Å². The molecule has 1 amide bonds. The fourth-order valence-corrected chi connectivity index (χ4v) is 1.97. The van der Waals surface area contributed by atoms with Crippen LogP contribution in [0.4, 0.5) is 5.88 Å². The summed E-state index contributed by atoms with van der Waals surface area (Å²) < 4.78 is 15.7. The minimum atomic E-state index is -1.29. The molecule has 134 valence electrons. The Morgan fingerprint density at radius 3 is 2.48 bits per heavy atom. The van der Waals surface area contributed by atoms with E-state index in [2.05, 4.69) is 10.5 Å². The number of halogens is 1. The lowest BCUT2D eigenvalue weighted by molar-refractivity contribution is -0.166. The Morgan fingerprint density at radius 2 is 1.92 bits per heavy atom. The standard InChI is InChI=1S/C17H19ClN2O5/c1-10-9-14(25-20-10)19-15(21)11(2)23-16(22)17(3,4)24-13-7-5-12(18)6-8-13/h5-9,11H,1-4H3,(H,19,21). The normalized spacial score (nSPS) is 12.4. The molecule has 0 aliphatic rings. The van der Waals surface area contributed by atoms with E-state index in [0.717, 1.165) is 0 Å². The Bertz CT molecular complexity index is 755. The van der Waals surface area contributed by atoms with E-state index < -0.39 is 23.6 Å². The Labute approximate surface area is 150 Å². The van der Waals surface area contributed by atoms with Crippen LogP contribution < -0.4 is 10.1 Å². The third-order valence-corrected chi connectivity index (χ3v) is 3.46. The molecular formula is C17H19ClN2O5. The summed E-state index contributed by atoms with van der Waals surface area (Å²) in [6.07, 6.45) is -1.04. The Hall–Kier alpha value is -2.54. The van der Waals surface area contributed by atoms with Gasteiger partial charge in [-0.15, -0.1) is 0 Å². The molecule has 0 bridgehead atoms. The SMILES string of the molecule is Cc1cc(NC(=O)C(C)OC(=O)C(C)(C)Oc2ccc(Cl)cc2)on1. The molecule has 8 heteroatoms. The van der Waals surface area contributed by atoms with Crippen LogP contribution in [0.25, 0.3) is 0 Å². The number of carbonyl (C=O) groups excluding carboxylic acids is 2. The number of nitrogens with zero attached hydrogens (tertiary/aromatic N) is 1. The number of aryl methyl sites for hydroxylation is 1. The topological polar surface area (TPSA) is 90.7 Å². The zero-order chi connectivity index (χ0) is 18.6. The summed E-state index contributed by atoms with van der Waals surface area (Å²) in [5.74, 6) is -0.576. The largest absolute Gasteiger partial charge is 0.476 e. The van der Waals surface area contributed by atoms with Gasteiger partial charge in [0, 0.05) is 11.1 Å². The molecule has 1 N–H and O–H groups in total. The summed E-state index contributed by atoms with van der Waals surface area (Å²) in [5.41, 5.74) is -0.664. The van der Waals surface area contributed by atoms with Crippen LogP contribution in [-0.2, 0) is 14.3 Å². The molecule has 0 radical (unpaired) electrons. The van der Waals surface area contributed by atoms with Crippen LogP contribution in [0, 0.1) is 6.92 Å². The number of amides is 1. The van der Waals surface area contributed by atoms with E-state index >= 15 is 0 Å². The second-order valence-electron chi connectivity index (χ2n) is 5.94. The second-order valence-corrected chi connectivity index (χ2v) is 6.37. The van der Waals surface area contributed by atoms with Gasteiger partial charge in [0.25, 0.3) is 5.91 Å². The van der Waals surface area contributed by atoms with Gasteiger partial charge in [-0.3, -0.25) is 10.1 Å². The molecule has 7 nitrogen and oxygen atoms in total. The van der Waals surface area contributed by atoms with Gasteiger partial charge in [-0.1, -0.05) is 16.8 Å². The number of aromatic nitrogens is 1. The first kappa shape index (κ1) is 18.8. The lowest BCUT2D eigenvalue weighted by Crippen LogP contribution is -2.43. The number of hydrogen-bond donors (Lipinski definition) is 1. The quantitative estimate of drug-likeness (QED) is 0.788. The van der Waals surface area contributed by atoms with E-state index in [1.54, 1.807) is 51.1 Å². The molecule has 1 aromatic carbocycles. The Balaban J connectivity index is 1.94. The van der Waals surface area contributed by atoms with Gasteiger partial charge in [-0.2, -0.15) is 0 Å². The number of nitrogens with one attached hydrogen (secondary N) is 1. The van der Waals surface area contributed by atoms with Gasteiger partial charge in [-0.25, -0.2) is 4.79 Å². The van der Waals surface area contributed by atoms with Crippen LogP contribution in [0.1, 0.15) is 26.5 Å². The molecule has 2 rings (SSSR count). The lowest BCUT2D eigenvalue weighted by Gasteiger charge is -2.25. The van der Waals surface area contributed by atoms with Crippen LogP contribution in [0.2, 0.25) is 5.02 Å². The first-order valence-electron chi connectivity index (χ1n) is 7.57. The first-order chi connectivity index (χ1) is 11.7. The smallest absolute Gasteiger partial charge is 0.350 e. The van der Waals surface area contributed by atoms with E-state index in [1.165, 1.54) is 6.92 Å². The highest BCUT2D eigenvalue weighted by Gasteiger charge is 2.34. The number of anilines is 1. The minimum absolute atomic E-state index is 0.182. The van der Waals surface area contributed by atoms with Crippen molar-refractivity contribution in [1.29, 1.82) is 0 Å². The van der Waals surface area contributed by atoms with Crippen molar-refractivity contribution in [2.24, 2.45) is 0 Å². The molecule has 0 saturated carbocycles. The molecule has 0 spiro atoms. The second kappa shape index (κ2) is 7.57. The number of benzene rings is 1. The van der Waals surface area contributed by atoms with Crippen molar-refractivity contribution >= 4 is 29.4 Å². The summed E-state index contributed by atoms with van der Waals surface area (Å²) >= 11 is 5.81. The predicted molar refractivity (Wildman–Crippen MR) is 91.6 cm³/mol. The molecule has 0 fully saturated rings. The molecule has 1 aromatic heterocycles. The minimum Gasteiger partial charge on any atom is -0.476 e. The van der Waals surface area contributed by atoms with Crippen molar-refractivity contribution in [3.05, 3.63) is 41.0 Å². The highest BCUT2D eigenvalue weighted by atomic mass is 35.5. The molecule has 2 aromatic rings. The van der Waals surface area contributed by atoms with Crippen molar-refractivity contribution < 1.29 is 23.6 Å². The molecule has 1 atom stereocenters. The van der Waals surface area contributed by atoms with Crippen molar-refractivity contribution in [3.8, 4) is 5.75 Å². The highest BCUT2D eigenvalue weighted by Crippen LogP contribution is 2.22. The molecule has 1 unspecified atom stereocenters. The summed E-state index contributed by atoms with van der Waals surface area (Å²) in [5, 5.41) is 6.69. The molecule has 0 aliphatic heterocycles. The van der Waals surface area contributed by atoms with Gasteiger partial charge in [0.2, 0.25) is 5.88 Å². The molecule has 0 saturated heterocycles. The number of rotatable bonds is 6. The monoisotopic (exact) mass is 366 g/mol. The van der Waals surface area contributed by atoms with Crippen LogP contribution >= 0.6 is 11.6 Å². The highest BCUT2D eigenvalue weighted by molar-refractivity contribution is 6.30. The van der Waals surface area contributed by atoms with Crippen LogP contribution in [0.15, 0.2) is 34.9 Å². The number of carbonyl (C=O) groups is 2. The summed E-state index contributed by atoms with van der Waals surface area (Å²) in [6, 6.07) is 8.13. The average Bonchev–Trinajstić information content (AvgIpc) is 2.94. The van der Waals surface area contributed by atoms with E-state index in [4.69, 9.17) is 25.6 Å². The van der Waals surface area contributed by atoms with E-state index in [0.29, 0.717) is 16.5 Å². The average molecular weight is 367 g/mol. The molecule has 1 heterocycles. The maximum atomic E-state index is 12.3. The van der Waals surface area contributed by atoms with Crippen molar-refractivity contribution in [2.45, 2.75) is 39.4 Å². The number of ether oxygens (including phenoxy) is 2. The zero-order valence-corrected chi connectivity index (χ0v) is 15.1. The predicted octanol–water partition coefficient (Wildman–Crippen LogP) is 3.36. The van der Waals surface area contributed by atoms with E-state index in [1.807, 2.05) is 0 Å². The zero-order valence-electron chi connectivity index (χ0n) is 14.3. The van der Waals surface area contributed by atoms with E-state index in [9.17, 15) is 9.59 Å². The van der Waals surface area contributed by atoms with E-state index in [-0.39, 0.29) is 5.88 Å². The van der Waals surface area contributed by atoms with Crippen LogP contribution in [-0.4, -0.2) is 28.7 Å². The first-order valence-corrected chi connectivity index (χ1v) is 7.95. The fourth-order valence-electron chi connectivity index (χ4n) is 1.84. The van der Waals surface area contributed by atoms with Crippen molar-refractivity contribution in [3.63, 3.8) is 0 Å². The maximum absolute atomic E-state index is 12.3. The summed E-state index contributed by atoms with van der Waals surface area (Å²) in [4.78, 5) is 24.4. The van der Waals surface area contributed by atoms with Gasteiger partial charge >= 0.3 is 5.97 Å². The van der Waals surface area contributed by atoms with Crippen molar-refractivity contribution in [2.75, 3.05) is 5.32 Å². The van der Waals surface area contributed by atoms with Gasteiger partial charge < -0.3 is 14.0 Å². The third-order valence-electron chi connectivity index (χ3n) is 3.21. The third kappa shape index (κ3) is 5.22. The molecule has 25 heavy (non-hydrogen) atoms. The van der Waals surface area contributed by atoms with Gasteiger partial charge in [0.1, 0.15) is 5.75 Å². The van der Waals surface area contributed by atoms with Gasteiger partial charge in [0.15, 0.2) is 11.7 Å². The Morgan fingerprint density at radius 1 is 1.28 bits per heavy atom. The maximum Gasteiger partial charge on any atom is 0.350 e. The fraction of sp³-hybridized carbons (Fsp3) is 0.353. The molecular weight excluding hydrogens is 348 g/mol. The van der Waals surface area contributed by atoms with Gasteiger partial charge in [-0.05, 0) is 52.0 Å². The summed E-state index contributed by atoms with van der Waals surface area (Å²) in [6.45, 7) is 6.27. The number of esters is 1.